The highest BCUT2D eigenvalue weighted by molar-refractivity contribution is 6.30. The zero-order valence-corrected chi connectivity index (χ0v) is 15.4. The summed E-state index contributed by atoms with van der Waals surface area (Å²) in [5.74, 6) is 0.410. The van der Waals surface area contributed by atoms with E-state index in [1.165, 1.54) is 6.20 Å². The van der Waals surface area contributed by atoms with Crippen molar-refractivity contribution in [2.75, 3.05) is 13.2 Å². The lowest BCUT2D eigenvalue weighted by Crippen LogP contribution is -2.16. The van der Waals surface area contributed by atoms with Gasteiger partial charge >= 0.3 is 5.97 Å². The van der Waals surface area contributed by atoms with Crippen LogP contribution in [0.2, 0.25) is 5.02 Å². The molecule has 0 aliphatic carbocycles. The Morgan fingerprint density at radius 3 is 2.67 bits per heavy atom. The highest BCUT2D eigenvalue weighted by Crippen LogP contribution is 2.15. The molecule has 140 valence electrons. The van der Waals surface area contributed by atoms with Crippen LogP contribution >= 0.6 is 11.6 Å². The second kappa shape index (κ2) is 9.19. The fourth-order valence-electron chi connectivity index (χ4n) is 2.57. The summed E-state index contributed by atoms with van der Waals surface area (Å²) in [7, 11) is 0. The van der Waals surface area contributed by atoms with Crippen LogP contribution in [0.3, 0.4) is 0 Å². The number of aryl methyl sites for hydroxylation is 1. The van der Waals surface area contributed by atoms with Crippen molar-refractivity contribution < 1.29 is 14.3 Å². The van der Waals surface area contributed by atoms with Crippen LogP contribution in [0.5, 0.6) is 5.75 Å². The largest absolute Gasteiger partial charge is 0.493 e. The fraction of sp³-hybridized carbons (Fsp3) is 0.250. The molecular formula is C20H19ClN2O4. The topological polar surface area (TPSA) is 70.4 Å². The number of rotatable bonds is 8. The van der Waals surface area contributed by atoms with Crippen LogP contribution in [0.1, 0.15) is 12.8 Å². The Morgan fingerprint density at radius 2 is 1.85 bits per heavy atom. The molecule has 2 aromatic carbocycles. The van der Waals surface area contributed by atoms with Gasteiger partial charge in [-0.05, 0) is 36.4 Å². The van der Waals surface area contributed by atoms with Crippen LogP contribution in [0.15, 0.2) is 59.5 Å². The first-order valence-electron chi connectivity index (χ1n) is 8.62. The van der Waals surface area contributed by atoms with Crippen LogP contribution in [0, 0.1) is 0 Å². The van der Waals surface area contributed by atoms with Crippen molar-refractivity contribution in [1.29, 1.82) is 0 Å². The van der Waals surface area contributed by atoms with E-state index in [9.17, 15) is 9.59 Å². The first-order valence-corrected chi connectivity index (χ1v) is 9.00. The number of nitrogens with zero attached hydrogens (tertiary/aromatic N) is 2. The normalized spacial score (nSPS) is 10.7. The van der Waals surface area contributed by atoms with Gasteiger partial charge in [0, 0.05) is 16.8 Å². The molecule has 0 saturated carbocycles. The number of ether oxygens (including phenoxy) is 2. The summed E-state index contributed by atoms with van der Waals surface area (Å²) in [6.07, 6.45) is 2.03. The Bertz CT molecular complexity index is 970. The number of benzene rings is 2. The van der Waals surface area contributed by atoms with Crippen molar-refractivity contribution in [3.63, 3.8) is 0 Å². The Morgan fingerprint density at radius 1 is 1.07 bits per heavy atom. The van der Waals surface area contributed by atoms with Gasteiger partial charge in [-0.15, -0.1) is 0 Å². The van der Waals surface area contributed by atoms with E-state index in [1.54, 1.807) is 41.1 Å². The van der Waals surface area contributed by atoms with Gasteiger partial charge in [-0.1, -0.05) is 23.7 Å². The van der Waals surface area contributed by atoms with Crippen LogP contribution in [-0.4, -0.2) is 29.0 Å². The molecule has 27 heavy (non-hydrogen) atoms. The van der Waals surface area contributed by atoms with Gasteiger partial charge in [0.05, 0.1) is 37.9 Å². The maximum Gasteiger partial charge on any atom is 0.307 e. The molecule has 1 aromatic heterocycles. The maximum absolute atomic E-state index is 11.9. The number of hydrogen-bond acceptors (Lipinski definition) is 5. The highest BCUT2D eigenvalue weighted by Gasteiger charge is 2.07. The smallest absolute Gasteiger partial charge is 0.307 e. The molecule has 0 aliphatic heterocycles. The third-order valence-electron chi connectivity index (χ3n) is 3.92. The maximum atomic E-state index is 11.9. The number of aromatic nitrogens is 2. The number of esters is 1. The Labute approximate surface area is 161 Å². The van der Waals surface area contributed by atoms with Crippen LogP contribution < -0.4 is 10.2 Å². The molecule has 1 heterocycles. The molecule has 0 aliphatic rings. The van der Waals surface area contributed by atoms with Gasteiger partial charge in [0.2, 0.25) is 5.43 Å². The van der Waals surface area contributed by atoms with Gasteiger partial charge in [0.15, 0.2) is 0 Å². The third-order valence-corrected chi connectivity index (χ3v) is 4.18. The minimum absolute atomic E-state index is 0.134. The summed E-state index contributed by atoms with van der Waals surface area (Å²) < 4.78 is 12.4. The molecule has 0 amide bonds. The molecule has 0 unspecified atom stereocenters. The van der Waals surface area contributed by atoms with E-state index in [1.807, 2.05) is 12.1 Å². The van der Waals surface area contributed by atoms with Gasteiger partial charge in [0.25, 0.3) is 0 Å². The molecule has 0 atom stereocenters. The number of hydrogen-bond donors (Lipinski definition) is 0. The number of para-hydroxylation sites is 1. The number of halogens is 1. The van der Waals surface area contributed by atoms with Gasteiger partial charge in [-0.2, -0.15) is 5.10 Å². The molecule has 6 nitrogen and oxygen atoms in total. The number of carbonyl (C=O) groups is 1. The van der Waals surface area contributed by atoms with Crippen molar-refractivity contribution in [2.45, 2.75) is 19.4 Å². The minimum atomic E-state index is -0.314. The first-order chi connectivity index (χ1) is 13.1. The van der Waals surface area contributed by atoms with E-state index in [2.05, 4.69) is 5.10 Å². The summed E-state index contributed by atoms with van der Waals surface area (Å²) in [5, 5.41) is 5.33. The van der Waals surface area contributed by atoms with Gasteiger partial charge in [-0.3, -0.25) is 14.3 Å². The van der Waals surface area contributed by atoms with Crippen molar-refractivity contribution >= 4 is 28.5 Å². The predicted molar refractivity (Wildman–Crippen MR) is 103 cm³/mol. The summed E-state index contributed by atoms with van der Waals surface area (Å²) in [6, 6.07) is 14.3. The second-order valence-electron chi connectivity index (χ2n) is 5.88. The van der Waals surface area contributed by atoms with Crippen LogP contribution in [0.4, 0.5) is 0 Å². The fourth-order valence-corrected chi connectivity index (χ4v) is 2.70. The molecule has 0 radical (unpaired) electrons. The summed E-state index contributed by atoms with van der Waals surface area (Å²) in [5.41, 5.74) is 0.569. The van der Waals surface area contributed by atoms with Crippen LogP contribution in [0.25, 0.3) is 10.9 Å². The summed E-state index contributed by atoms with van der Waals surface area (Å²) >= 11 is 5.81. The van der Waals surface area contributed by atoms with E-state index in [0.717, 1.165) is 5.75 Å². The summed E-state index contributed by atoms with van der Waals surface area (Å²) in [4.78, 5) is 23.7. The van der Waals surface area contributed by atoms with Crippen molar-refractivity contribution in [3.05, 3.63) is 70.0 Å². The van der Waals surface area contributed by atoms with Gasteiger partial charge in [0.1, 0.15) is 5.75 Å². The molecule has 0 N–H and O–H groups in total. The third kappa shape index (κ3) is 5.31. The molecule has 0 spiro atoms. The quantitative estimate of drug-likeness (QED) is 0.438. The molecule has 0 saturated heterocycles. The Hall–Kier alpha value is -2.86. The van der Waals surface area contributed by atoms with E-state index in [0.29, 0.717) is 35.5 Å². The van der Waals surface area contributed by atoms with E-state index < -0.39 is 0 Å². The SMILES string of the molecule is O=C(CCn1ncc(=O)c2ccccc21)OCCCOc1ccc(Cl)cc1. The van der Waals surface area contributed by atoms with Crippen molar-refractivity contribution in [3.8, 4) is 5.75 Å². The van der Waals surface area contributed by atoms with Crippen molar-refractivity contribution in [2.24, 2.45) is 0 Å². The predicted octanol–water partition coefficient (Wildman–Crippen LogP) is 3.45. The van der Waals surface area contributed by atoms with E-state index >= 15 is 0 Å². The van der Waals surface area contributed by atoms with E-state index in [-0.39, 0.29) is 24.4 Å². The first kappa shape index (κ1) is 18.9. The minimum Gasteiger partial charge on any atom is -0.493 e. The molecule has 3 aromatic rings. The number of fused-ring (bicyclic) bond motifs is 1. The monoisotopic (exact) mass is 386 g/mol. The number of carbonyl (C=O) groups excluding carboxylic acids is 1. The molecule has 7 heteroatoms. The Balaban J connectivity index is 1.41. The average Bonchev–Trinajstić information content (AvgIpc) is 2.69. The van der Waals surface area contributed by atoms with Crippen molar-refractivity contribution in [1.82, 2.24) is 9.78 Å². The standard InChI is InChI=1S/C20H19ClN2O4/c21-15-6-8-16(9-7-15)26-12-3-13-27-20(25)10-11-23-18-5-2-1-4-17(18)19(24)14-22-23/h1-2,4-9,14H,3,10-13H2. The van der Waals surface area contributed by atoms with Gasteiger partial charge in [-0.25, -0.2) is 0 Å². The van der Waals surface area contributed by atoms with E-state index in [4.69, 9.17) is 21.1 Å². The lowest BCUT2D eigenvalue weighted by Gasteiger charge is -2.09. The highest BCUT2D eigenvalue weighted by atomic mass is 35.5. The zero-order chi connectivity index (χ0) is 19.1. The second-order valence-corrected chi connectivity index (χ2v) is 6.31. The lowest BCUT2D eigenvalue weighted by molar-refractivity contribution is -0.144. The molecule has 0 fully saturated rings. The molecule has 3 rings (SSSR count). The van der Waals surface area contributed by atoms with Crippen LogP contribution in [-0.2, 0) is 16.1 Å². The molecular weight excluding hydrogens is 368 g/mol. The summed E-state index contributed by atoms with van der Waals surface area (Å²) in [6.45, 7) is 1.08. The lowest BCUT2D eigenvalue weighted by atomic mass is 10.2. The zero-order valence-electron chi connectivity index (χ0n) is 14.6. The Kier molecular flexibility index (Phi) is 6.44. The average molecular weight is 387 g/mol. The van der Waals surface area contributed by atoms with Gasteiger partial charge < -0.3 is 9.47 Å². The molecule has 0 bridgehead atoms.